The number of carbonyl (C=O) groups is 2. The van der Waals surface area contributed by atoms with E-state index in [2.05, 4.69) is 10.3 Å². The van der Waals surface area contributed by atoms with Crippen molar-refractivity contribution >= 4 is 23.3 Å². The van der Waals surface area contributed by atoms with Crippen molar-refractivity contribution in [2.45, 2.75) is 13.1 Å². The molecule has 4 rings (SSSR count). The number of hydrogen-bond donors (Lipinski definition) is 1. The van der Waals surface area contributed by atoms with Crippen LogP contribution in [0.4, 0.5) is 11.4 Å². The summed E-state index contributed by atoms with van der Waals surface area (Å²) >= 11 is 0. The third-order valence-electron chi connectivity index (χ3n) is 4.84. The van der Waals surface area contributed by atoms with Crippen LogP contribution in [0.25, 0.3) is 0 Å². The van der Waals surface area contributed by atoms with Crippen molar-refractivity contribution in [3.8, 4) is 5.75 Å². The molecule has 1 aromatic heterocycles. The number of carbonyl (C=O) groups excluding carboxylic acids is 2. The molecule has 7 nitrogen and oxygen atoms in total. The van der Waals surface area contributed by atoms with E-state index in [4.69, 9.17) is 9.47 Å². The predicted octanol–water partition coefficient (Wildman–Crippen LogP) is 4.04. The molecule has 152 valence electrons. The largest absolute Gasteiger partial charge is 0.497 e. The van der Waals surface area contributed by atoms with Crippen molar-refractivity contribution in [2.24, 2.45) is 0 Å². The van der Waals surface area contributed by atoms with Gasteiger partial charge in [-0.1, -0.05) is 6.07 Å². The van der Waals surface area contributed by atoms with Crippen molar-refractivity contribution in [3.63, 3.8) is 0 Å². The maximum absolute atomic E-state index is 13.2. The highest BCUT2D eigenvalue weighted by molar-refractivity contribution is 6.11. The van der Waals surface area contributed by atoms with Gasteiger partial charge in [-0.2, -0.15) is 0 Å². The fourth-order valence-corrected chi connectivity index (χ4v) is 3.42. The van der Waals surface area contributed by atoms with Crippen molar-refractivity contribution in [1.29, 1.82) is 0 Å². The van der Waals surface area contributed by atoms with E-state index in [1.54, 1.807) is 61.5 Å². The topological polar surface area (TPSA) is 80.8 Å². The number of nitrogens with one attached hydrogen (secondary N) is 1. The van der Waals surface area contributed by atoms with E-state index in [9.17, 15) is 9.59 Å². The summed E-state index contributed by atoms with van der Waals surface area (Å²) in [6, 6.07) is 17.8. The van der Waals surface area contributed by atoms with E-state index < -0.39 is 6.17 Å². The number of methoxy groups -OCH3 is 1. The van der Waals surface area contributed by atoms with Crippen LogP contribution < -0.4 is 15.0 Å². The first-order chi connectivity index (χ1) is 14.6. The molecule has 0 fully saturated rings. The van der Waals surface area contributed by atoms with Crippen LogP contribution in [0.15, 0.2) is 66.9 Å². The molecule has 1 amide bonds. The SMILES string of the molecule is CCOC(=O)c1ccc(NC2c3ncccc3C(=O)N2c2cccc(OC)c2)cc1. The molecule has 7 heteroatoms. The van der Waals surface area contributed by atoms with Gasteiger partial charge in [-0.05, 0) is 55.5 Å². The molecule has 1 N–H and O–H groups in total. The number of nitrogens with zero attached hydrogens (tertiary/aromatic N) is 2. The monoisotopic (exact) mass is 403 g/mol. The number of ether oxygens (including phenoxy) is 2. The van der Waals surface area contributed by atoms with Gasteiger partial charge in [0.15, 0.2) is 6.17 Å². The summed E-state index contributed by atoms with van der Waals surface area (Å²) < 4.78 is 10.3. The number of rotatable bonds is 6. The first kappa shape index (κ1) is 19.4. The van der Waals surface area contributed by atoms with E-state index >= 15 is 0 Å². The summed E-state index contributed by atoms with van der Waals surface area (Å²) in [5, 5.41) is 3.36. The average Bonchev–Trinajstić information content (AvgIpc) is 3.06. The molecule has 1 unspecified atom stereocenters. The number of amides is 1. The van der Waals surface area contributed by atoms with Crippen LogP contribution >= 0.6 is 0 Å². The molecule has 2 aromatic carbocycles. The molecule has 0 spiro atoms. The van der Waals surface area contributed by atoms with Crippen molar-refractivity contribution in [3.05, 3.63) is 83.7 Å². The second-order valence-electron chi connectivity index (χ2n) is 6.66. The number of hydrogen-bond acceptors (Lipinski definition) is 6. The minimum absolute atomic E-state index is 0.146. The van der Waals surface area contributed by atoms with Gasteiger partial charge in [0, 0.05) is 18.0 Å². The normalized spacial score (nSPS) is 14.9. The third-order valence-corrected chi connectivity index (χ3v) is 4.84. The van der Waals surface area contributed by atoms with Crippen molar-refractivity contribution in [2.75, 3.05) is 23.9 Å². The van der Waals surface area contributed by atoms with Gasteiger partial charge < -0.3 is 14.8 Å². The fourth-order valence-electron chi connectivity index (χ4n) is 3.42. The van der Waals surface area contributed by atoms with E-state index in [1.165, 1.54) is 0 Å². The zero-order chi connectivity index (χ0) is 21.1. The lowest BCUT2D eigenvalue weighted by atomic mass is 10.2. The number of fused-ring (bicyclic) bond motifs is 1. The number of benzene rings is 2. The first-order valence-corrected chi connectivity index (χ1v) is 9.58. The molecule has 30 heavy (non-hydrogen) atoms. The maximum atomic E-state index is 13.2. The molecule has 0 aliphatic carbocycles. The zero-order valence-electron chi connectivity index (χ0n) is 16.7. The Morgan fingerprint density at radius 3 is 2.67 bits per heavy atom. The summed E-state index contributed by atoms with van der Waals surface area (Å²) in [7, 11) is 1.59. The number of esters is 1. The van der Waals surface area contributed by atoms with Crippen LogP contribution in [-0.4, -0.2) is 30.6 Å². The molecule has 0 radical (unpaired) electrons. The zero-order valence-corrected chi connectivity index (χ0v) is 16.7. The van der Waals surface area contributed by atoms with Crippen LogP contribution in [0, 0.1) is 0 Å². The van der Waals surface area contributed by atoms with Gasteiger partial charge in [0.05, 0.1) is 36.2 Å². The lowest BCUT2D eigenvalue weighted by molar-refractivity contribution is 0.0526. The summed E-state index contributed by atoms with van der Waals surface area (Å²) in [4.78, 5) is 31.1. The van der Waals surface area contributed by atoms with Gasteiger partial charge in [0.25, 0.3) is 5.91 Å². The molecule has 1 aliphatic heterocycles. The van der Waals surface area contributed by atoms with Gasteiger partial charge in [-0.25, -0.2) is 4.79 Å². The first-order valence-electron chi connectivity index (χ1n) is 9.58. The maximum Gasteiger partial charge on any atom is 0.338 e. The lowest BCUT2D eigenvalue weighted by Gasteiger charge is -2.27. The molecule has 0 saturated carbocycles. The Hall–Kier alpha value is -3.87. The Morgan fingerprint density at radius 1 is 1.13 bits per heavy atom. The highest BCUT2D eigenvalue weighted by Crippen LogP contribution is 2.37. The highest BCUT2D eigenvalue weighted by Gasteiger charge is 2.39. The second-order valence-corrected chi connectivity index (χ2v) is 6.66. The standard InChI is InChI=1S/C23H21N3O4/c1-3-30-23(28)15-9-11-16(12-10-15)25-21-20-19(8-5-13-24-20)22(27)26(21)17-6-4-7-18(14-17)29-2/h4-14,21,25H,3H2,1-2H3. The molecular weight excluding hydrogens is 382 g/mol. The minimum atomic E-state index is -0.505. The molecule has 0 bridgehead atoms. The molecular formula is C23H21N3O4. The van der Waals surface area contributed by atoms with Crippen molar-refractivity contribution in [1.82, 2.24) is 4.98 Å². The Bertz CT molecular complexity index is 1080. The number of pyridine rings is 1. The van der Waals surface area contributed by atoms with Crippen LogP contribution in [0.2, 0.25) is 0 Å². The van der Waals surface area contributed by atoms with Gasteiger partial charge >= 0.3 is 5.97 Å². The molecule has 0 saturated heterocycles. The number of aromatic nitrogens is 1. The number of anilines is 2. The summed E-state index contributed by atoms with van der Waals surface area (Å²) in [6.07, 6.45) is 1.16. The quantitative estimate of drug-likeness (QED) is 0.626. The van der Waals surface area contributed by atoms with Crippen LogP contribution in [0.3, 0.4) is 0 Å². The smallest absolute Gasteiger partial charge is 0.338 e. The summed E-state index contributed by atoms with van der Waals surface area (Å²) in [5.74, 6) is 0.138. The van der Waals surface area contributed by atoms with E-state index in [0.29, 0.717) is 34.9 Å². The third kappa shape index (κ3) is 3.57. The van der Waals surface area contributed by atoms with Crippen molar-refractivity contribution < 1.29 is 19.1 Å². The Morgan fingerprint density at radius 2 is 1.93 bits per heavy atom. The lowest BCUT2D eigenvalue weighted by Crippen LogP contribution is -2.32. The van der Waals surface area contributed by atoms with E-state index in [-0.39, 0.29) is 11.9 Å². The summed E-state index contributed by atoms with van der Waals surface area (Å²) in [6.45, 7) is 2.09. The van der Waals surface area contributed by atoms with E-state index in [1.807, 2.05) is 24.3 Å². The second kappa shape index (κ2) is 8.24. The average molecular weight is 403 g/mol. The molecule has 1 atom stereocenters. The molecule has 2 heterocycles. The van der Waals surface area contributed by atoms with Gasteiger partial charge in [0.1, 0.15) is 5.75 Å². The predicted molar refractivity (Wildman–Crippen MR) is 113 cm³/mol. The van der Waals surface area contributed by atoms with Crippen LogP contribution in [-0.2, 0) is 4.74 Å². The summed E-state index contributed by atoms with van der Waals surface area (Å²) in [5.41, 5.74) is 3.08. The fraction of sp³-hybridized carbons (Fsp3) is 0.174. The van der Waals surface area contributed by atoms with Crippen LogP contribution in [0.1, 0.15) is 39.5 Å². The Balaban J connectivity index is 1.68. The Labute approximate surface area is 174 Å². The van der Waals surface area contributed by atoms with Gasteiger partial charge in [0.2, 0.25) is 0 Å². The molecule has 3 aromatic rings. The van der Waals surface area contributed by atoms with Gasteiger partial charge in [-0.15, -0.1) is 0 Å². The van der Waals surface area contributed by atoms with E-state index in [0.717, 1.165) is 5.69 Å². The highest BCUT2D eigenvalue weighted by atomic mass is 16.5. The van der Waals surface area contributed by atoms with Crippen LogP contribution in [0.5, 0.6) is 5.75 Å². The minimum Gasteiger partial charge on any atom is -0.497 e. The molecule has 1 aliphatic rings. The Kier molecular flexibility index (Phi) is 5.34. The van der Waals surface area contributed by atoms with Gasteiger partial charge in [-0.3, -0.25) is 14.7 Å².